The topological polar surface area (TPSA) is 9.23 Å². The van der Waals surface area contributed by atoms with Crippen molar-refractivity contribution < 1.29 is 17.9 Å². The summed E-state index contributed by atoms with van der Waals surface area (Å²) < 4.78 is 39.8. The molecule has 0 aliphatic heterocycles. The summed E-state index contributed by atoms with van der Waals surface area (Å²) in [5.41, 5.74) is 0. The Morgan fingerprint density at radius 3 is 2.50 bits per heavy atom. The maximum atomic E-state index is 11.8. The summed E-state index contributed by atoms with van der Waals surface area (Å²) in [6.45, 7) is -0.957. The number of hydrogen-bond acceptors (Lipinski definition) is 1. The van der Waals surface area contributed by atoms with Crippen LogP contribution in [0.2, 0.25) is 0 Å². The standard InChI is InChI=1S/C11H18ClF3O/c12-10-6-2-1-4-9(10)5-3-7-16-8-11(13,14)15/h9-10H,1-8H2. The molecular weight excluding hydrogens is 241 g/mol. The molecule has 0 radical (unpaired) electrons. The van der Waals surface area contributed by atoms with Crippen LogP contribution in [0, 0.1) is 5.92 Å². The number of halogens is 4. The van der Waals surface area contributed by atoms with Crippen LogP contribution in [0.3, 0.4) is 0 Å². The Labute approximate surface area is 99.3 Å². The third kappa shape index (κ3) is 5.94. The van der Waals surface area contributed by atoms with Crippen LogP contribution in [0.25, 0.3) is 0 Å². The molecule has 0 aromatic heterocycles. The molecule has 0 heterocycles. The van der Waals surface area contributed by atoms with E-state index >= 15 is 0 Å². The van der Waals surface area contributed by atoms with Gasteiger partial charge < -0.3 is 4.74 Å². The van der Waals surface area contributed by atoms with Gasteiger partial charge in [-0.15, -0.1) is 11.6 Å². The van der Waals surface area contributed by atoms with Crippen LogP contribution in [0.15, 0.2) is 0 Å². The van der Waals surface area contributed by atoms with Crippen LogP contribution in [-0.4, -0.2) is 24.8 Å². The first-order valence-electron chi connectivity index (χ1n) is 5.77. The molecule has 1 rings (SSSR count). The Hall–Kier alpha value is 0.0400. The SMILES string of the molecule is FC(F)(F)COCCCC1CCCCC1Cl. The van der Waals surface area contributed by atoms with E-state index in [1.807, 2.05) is 0 Å². The predicted octanol–water partition coefficient (Wildman–Crippen LogP) is 4.14. The molecule has 0 aromatic rings. The Morgan fingerprint density at radius 1 is 1.19 bits per heavy atom. The number of alkyl halides is 4. The molecular formula is C11H18ClF3O. The third-order valence-electron chi connectivity index (χ3n) is 2.95. The van der Waals surface area contributed by atoms with Crippen LogP contribution in [0.5, 0.6) is 0 Å². The van der Waals surface area contributed by atoms with Crippen molar-refractivity contribution in [1.82, 2.24) is 0 Å². The van der Waals surface area contributed by atoms with E-state index in [2.05, 4.69) is 4.74 Å². The summed E-state index contributed by atoms with van der Waals surface area (Å²) in [6.07, 6.45) is 1.85. The van der Waals surface area contributed by atoms with Crippen LogP contribution in [0.4, 0.5) is 13.2 Å². The molecule has 0 amide bonds. The highest BCUT2D eigenvalue weighted by Gasteiger charge is 2.27. The smallest absolute Gasteiger partial charge is 0.372 e. The molecule has 1 fully saturated rings. The zero-order valence-electron chi connectivity index (χ0n) is 9.23. The Balaban J connectivity index is 2.02. The summed E-state index contributed by atoms with van der Waals surface area (Å²) in [5.74, 6) is 0.463. The van der Waals surface area contributed by atoms with Crippen molar-refractivity contribution in [2.45, 2.75) is 50.1 Å². The van der Waals surface area contributed by atoms with E-state index < -0.39 is 12.8 Å². The van der Waals surface area contributed by atoms with Gasteiger partial charge in [0.2, 0.25) is 0 Å². The minimum absolute atomic E-state index is 0.180. The third-order valence-corrected chi connectivity index (χ3v) is 3.52. The summed E-state index contributed by atoms with van der Waals surface area (Å²) in [5, 5.41) is 0.205. The molecule has 96 valence electrons. The predicted molar refractivity (Wildman–Crippen MR) is 57.7 cm³/mol. The second-order valence-corrected chi connectivity index (χ2v) is 4.93. The van der Waals surface area contributed by atoms with Crippen molar-refractivity contribution in [2.75, 3.05) is 13.2 Å². The molecule has 0 spiro atoms. The van der Waals surface area contributed by atoms with Crippen LogP contribution in [-0.2, 0) is 4.74 Å². The van der Waals surface area contributed by atoms with Crippen molar-refractivity contribution in [3.8, 4) is 0 Å². The molecule has 0 bridgehead atoms. The quantitative estimate of drug-likeness (QED) is 0.532. The normalized spacial score (nSPS) is 27.0. The van der Waals surface area contributed by atoms with E-state index in [1.54, 1.807) is 0 Å². The van der Waals surface area contributed by atoms with Crippen LogP contribution < -0.4 is 0 Å². The highest BCUT2D eigenvalue weighted by Crippen LogP contribution is 2.31. The van der Waals surface area contributed by atoms with Gasteiger partial charge in [0, 0.05) is 12.0 Å². The number of hydrogen-bond donors (Lipinski definition) is 0. The van der Waals surface area contributed by atoms with Gasteiger partial charge >= 0.3 is 6.18 Å². The first kappa shape index (κ1) is 14.1. The molecule has 2 unspecified atom stereocenters. The van der Waals surface area contributed by atoms with E-state index in [4.69, 9.17) is 11.6 Å². The number of rotatable bonds is 5. The fourth-order valence-corrected chi connectivity index (χ4v) is 2.53. The lowest BCUT2D eigenvalue weighted by atomic mass is 9.86. The highest BCUT2D eigenvalue weighted by molar-refractivity contribution is 6.20. The second kappa shape index (κ2) is 6.70. The summed E-state index contributed by atoms with van der Waals surface area (Å²) in [6, 6.07) is 0. The molecule has 1 aliphatic rings. The Bertz CT molecular complexity index is 196. The Morgan fingerprint density at radius 2 is 1.88 bits per heavy atom. The molecule has 5 heteroatoms. The maximum absolute atomic E-state index is 11.8. The van der Waals surface area contributed by atoms with Crippen molar-refractivity contribution in [2.24, 2.45) is 5.92 Å². The largest absolute Gasteiger partial charge is 0.411 e. The van der Waals surface area contributed by atoms with Gasteiger partial charge in [-0.25, -0.2) is 0 Å². The average Bonchev–Trinajstić information content (AvgIpc) is 2.18. The van der Waals surface area contributed by atoms with Crippen molar-refractivity contribution in [3.05, 3.63) is 0 Å². The van der Waals surface area contributed by atoms with Crippen molar-refractivity contribution in [1.29, 1.82) is 0 Å². The molecule has 0 saturated heterocycles. The van der Waals surface area contributed by atoms with Gasteiger partial charge in [-0.1, -0.05) is 12.8 Å². The first-order chi connectivity index (χ1) is 7.49. The van der Waals surface area contributed by atoms with E-state index in [0.717, 1.165) is 19.3 Å². The van der Waals surface area contributed by atoms with Gasteiger partial charge in [0.05, 0.1) is 0 Å². The zero-order chi connectivity index (χ0) is 12.0. The monoisotopic (exact) mass is 258 g/mol. The van der Waals surface area contributed by atoms with E-state index in [0.29, 0.717) is 12.3 Å². The van der Waals surface area contributed by atoms with E-state index in [-0.39, 0.29) is 12.0 Å². The van der Waals surface area contributed by atoms with Crippen molar-refractivity contribution in [3.63, 3.8) is 0 Å². The molecule has 1 aliphatic carbocycles. The molecule has 2 atom stereocenters. The van der Waals surface area contributed by atoms with Gasteiger partial charge in [0.25, 0.3) is 0 Å². The molecule has 16 heavy (non-hydrogen) atoms. The van der Waals surface area contributed by atoms with E-state index in [9.17, 15) is 13.2 Å². The molecule has 1 saturated carbocycles. The fourth-order valence-electron chi connectivity index (χ4n) is 2.12. The lowest BCUT2D eigenvalue weighted by Gasteiger charge is -2.26. The van der Waals surface area contributed by atoms with Crippen molar-refractivity contribution >= 4 is 11.6 Å². The summed E-state index contributed by atoms with van der Waals surface area (Å²) in [4.78, 5) is 0. The van der Waals surface area contributed by atoms with Crippen LogP contribution in [0.1, 0.15) is 38.5 Å². The second-order valence-electron chi connectivity index (χ2n) is 4.37. The summed E-state index contributed by atoms with van der Waals surface area (Å²) in [7, 11) is 0. The summed E-state index contributed by atoms with van der Waals surface area (Å²) >= 11 is 6.15. The maximum Gasteiger partial charge on any atom is 0.411 e. The minimum Gasteiger partial charge on any atom is -0.372 e. The average molecular weight is 259 g/mol. The molecule has 0 N–H and O–H groups in total. The first-order valence-corrected chi connectivity index (χ1v) is 6.21. The van der Waals surface area contributed by atoms with Gasteiger partial charge in [-0.2, -0.15) is 13.2 Å². The number of ether oxygens (including phenoxy) is 1. The molecule has 1 nitrogen and oxygen atoms in total. The molecule has 0 aromatic carbocycles. The van der Waals surface area contributed by atoms with Gasteiger partial charge in [0.1, 0.15) is 6.61 Å². The van der Waals surface area contributed by atoms with Gasteiger partial charge in [0.15, 0.2) is 0 Å². The Kier molecular flexibility index (Phi) is 5.90. The van der Waals surface area contributed by atoms with E-state index in [1.165, 1.54) is 12.8 Å². The fraction of sp³-hybridized carbons (Fsp3) is 1.00. The zero-order valence-corrected chi connectivity index (χ0v) is 9.99. The highest BCUT2D eigenvalue weighted by atomic mass is 35.5. The van der Waals surface area contributed by atoms with Gasteiger partial charge in [-0.3, -0.25) is 0 Å². The lowest BCUT2D eigenvalue weighted by molar-refractivity contribution is -0.174. The van der Waals surface area contributed by atoms with Crippen LogP contribution >= 0.6 is 11.6 Å². The van der Waals surface area contributed by atoms with Gasteiger partial charge in [-0.05, 0) is 31.6 Å². The minimum atomic E-state index is -4.21. The lowest BCUT2D eigenvalue weighted by Crippen LogP contribution is -2.21.